The summed E-state index contributed by atoms with van der Waals surface area (Å²) in [4.78, 5) is 22.0. The van der Waals surface area contributed by atoms with Crippen molar-refractivity contribution < 1.29 is 9.21 Å². The zero-order valence-corrected chi connectivity index (χ0v) is 17.6. The Morgan fingerprint density at radius 1 is 1.03 bits per heavy atom. The van der Waals surface area contributed by atoms with E-state index in [0.29, 0.717) is 11.8 Å². The summed E-state index contributed by atoms with van der Waals surface area (Å²) in [5, 5.41) is 2.35. The van der Waals surface area contributed by atoms with Crippen LogP contribution in [0.2, 0.25) is 0 Å². The van der Waals surface area contributed by atoms with Crippen molar-refractivity contribution >= 4 is 16.7 Å². The van der Waals surface area contributed by atoms with Crippen molar-refractivity contribution in [3.8, 4) is 11.5 Å². The monoisotopic (exact) mass is 403 g/mol. The van der Waals surface area contributed by atoms with E-state index in [1.807, 2.05) is 6.92 Å². The molecule has 2 aliphatic heterocycles. The lowest BCUT2D eigenvalue weighted by molar-refractivity contribution is -0.136. The first-order chi connectivity index (χ1) is 14.7. The lowest BCUT2D eigenvalue weighted by atomic mass is 9.95. The second kappa shape index (κ2) is 8.23. The first-order valence-corrected chi connectivity index (χ1v) is 11.1. The highest BCUT2D eigenvalue weighted by atomic mass is 16.4. The molecule has 0 N–H and O–H groups in total. The average molecular weight is 404 g/mol. The number of rotatable bonds is 4. The topological polar surface area (TPSA) is 49.6 Å². The highest BCUT2D eigenvalue weighted by Gasteiger charge is 2.30. The summed E-state index contributed by atoms with van der Waals surface area (Å²) in [6, 6.07) is 14.6. The Morgan fingerprint density at radius 3 is 2.57 bits per heavy atom. The van der Waals surface area contributed by atoms with Crippen molar-refractivity contribution in [3.63, 3.8) is 0 Å². The van der Waals surface area contributed by atoms with Crippen LogP contribution in [0.15, 0.2) is 46.9 Å². The van der Waals surface area contributed by atoms with Gasteiger partial charge in [-0.3, -0.25) is 9.69 Å². The van der Waals surface area contributed by atoms with Gasteiger partial charge in [0.2, 0.25) is 11.8 Å². The van der Waals surface area contributed by atoms with Gasteiger partial charge in [-0.2, -0.15) is 0 Å². The van der Waals surface area contributed by atoms with Gasteiger partial charge < -0.3 is 9.32 Å². The molecule has 3 heterocycles. The summed E-state index contributed by atoms with van der Waals surface area (Å²) < 4.78 is 6.08. The molecule has 30 heavy (non-hydrogen) atoms. The molecule has 0 saturated carbocycles. The fraction of sp³-hybridized carbons (Fsp3) is 0.440. The van der Waals surface area contributed by atoms with Crippen LogP contribution in [0.3, 0.4) is 0 Å². The van der Waals surface area contributed by atoms with Crippen LogP contribution in [-0.2, 0) is 11.3 Å². The Balaban J connectivity index is 1.27. The van der Waals surface area contributed by atoms with Gasteiger partial charge in [0.1, 0.15) is 5.76 Å². The van der Waals surface area contributed by atoms with E-state index in [4.69, 9.17) is 9.40 Å². The van der Waals surface area contributed by atoms with Crippen LogP contribution in [0.1, 0.15) is 37.1 Å². The number of carbonyl (C=O) groups excluding carboxylic acids is 1. The summed E-state index contributed by atoms with van der Waals surface area (Å²) in [5.41, 5.74) is 2.04. The SMILES string of the molecule is Cc1oc(-c2cccc3ccccc23)nc1CN1CCC(C(=O)N2CCCC2)CC1. The predicted octanol–water partition coefficient (Wildman–Crippen LogP) is 4.64. The number of aromatic nitrogens is 1. The Labute approximate surface area is 177 Å². The molecule has 2 fully saturated rings. The maximum absolute atomic E-state index is 12.7. The van der Waals surface area contributed by atoms with Crippen LogP contribution in [0.25, 0.3) is 22.2 Å². The molecule has 1 aromatic heterocycles. The maximum Gasteiger partial charge on any atom is 0.227 e. The van der Waals surface area contributed by atoms with E-state index >= 15 is 0 Å². The first kappa shape index (κ1) is 19.3. The summed E-state index contributed by atoms with van der Waals surface area (Å²) in [5.74, 6) is 2.15. The second-order valence-corrected chi connectivity index (χ2v) is 8.63. The number of aryl methyl sites for hydroxylation is 1. The van der Waals surface area contributed by atoms with Crippen LogP contribution in [0.4, 0.5) is 0 Å². The van der Waals surface area contributed by atoms with E-state index in [9.17, 15) is 4.79 Å². The van der Waals surface area contributed by atoms with E-state index in [2.05, 4.69) is 52.3 Å². The van der Waals surface area contributed by atoms with Gasteiger partial charge in [-0.25, -0.2) is 4.98 Å². The molecule has 5 heteroatoms. The largest absolute Gasteiger partial charge is 0.441 e. The molecular formula is C25H29N3O2. The molecule has 0 atom stereocenters. The number of carbonyl (C=O) groups is 1. The number of fused-ring (bicyclic) bond motifs is 1. The zero-order chi connectivity index (χ0) is 20.5. The molecule has 3 aromatic rings. The number of benzene rings is 2. The van der Waals surface area contributed by atoms with E-state index in [-0.39, 0.29) is 5.92 Å². The highest BCUT2D eigenvalue weighted by molar-refractivity contribution is 5.94. The Hall–Kier alpha value is -2.66. The van der Waals surface area contributed by atoms with Gasteiger partial charge in [0, 0.05) is 31.1 Å². The molecule has 0 unspecified atom stereocenters. The van der Waals surface area contributed by atoms with Crippen molar-refractivity contribution in [2.75, 3.05) is 26.2 Å². The number of hydrogen-bond donors (Lipinski definition) is 0. The third kappa shape index (κ3) is 3.74. The molecule has 0 radical (unpaired) electrons. The van der Waals surface area contributed by atoms with E-state index < -0.39 is 0 Å². The summed E-state index contributed by atoms with van der Waals surface area (Å²) in [7, 11) is 0. The maximum atomic E-state index is 12.7. The van der Waals surface area contributed by atoms with Crippen molar-refractivity contribution in [1.82, 2.24) is 14.8 Å². The third-order valence-corrected chi connectivity index (χ3v) is 6.64. The molecule has 2 aromatic carbocycles. The van der Waals surface area contributed by atoms with Gasteiger partial charge in [-0.1, -0.05) is 36.4 Å². The Morgan fingerprint density at radius 2 is 1.77 bits per heavy atom. The lowest BCUT2D eigenvalue weighted by Crippen LogP contribution is -2.41. The average Bonchev–Trinajstić information content (AvgIpc) is 3.44. The number of nitrogens with zero attached hydrogens (tertiary/aromatic N) is 3. The second-order valence-electron chi connectivity index (χ2n) is 8.63. The minimum atomic E-state index is 0.198. The number of oxazole rings is 1. The van der Waals surface area contributed by atoms with Crippen LogP contribution >= 0.6 is 0 Å². The normalized spacial score (nSPS) is 18.4. The fourth-order valence-electron chi connectivity index (χ4n) is 4.85. The molecule has 1 amide bonds. The number of hydrogen-bond acceptors (Lipinski definition) is 4. The summed E-state index contributed by atoms with van der Waals surface area (Å²) in [6.07, 6.45) is 4.22. The molecule has 0 spiro atoms. The van der Waals surface area contributed by atoms with Gasteiger partial charge >= 0.3 is 0 Å². The van der Waals surface area contributed by atoms with Crippen LogP contribution < -0.4 is 0 Å². The standard InChI is InChI=1S/C25H29N3O2/c1-18-23(17-27-15-11-20(12-16-27)25(29)28-13-4-5-14-28)26-24(30-18)22-10-6-8-19-7-2-3-9-21(19)22/h2-3,6-10,20H,4-5,11-17H2,1H3. The first-order valence-electron chi connectivity index (χ1n) is 11.1. The van der Waals surface area contributed by atoms with Crippen LogP contribution in [-0.4, -0.2) is 46.9 Å². The van der Waals surface area contributed by atoms with Crippen molar-refractivity contribution in [2.24, 2.45) is 5.92 Å². The van der Waals surface area contributed by atoms with Crippen LogP contribution in [0, 0.1) is 12.8 Å². The summed E-state index contributed by atoms with van der Waals surface area (Å²) >= 11 is 0. The lowest BCUT2D eigenvalue weighted by Gasteiger charge is -2.32. The van der Waals surface area contributed by atoms with E-state index in [1.54, 1.807) is 0 Å². The zero-order valence-electron chi connectivity index (χ0n) is 17.6. The predicted molar refractivity (Wildman–Crippen MR) is 118 cm³/mol. The number of amides is 1. The molecule has 0 bridgehead atoms. The van der Waals surface area contributed by atoms with Gasteiger partial charge in [0.15, 0.2) is 0 Å². The molecule has 0 aliphatic carbocycles. The molecule has 2 saturated heterocycles. The van der Waals surface area contributed by atoms with Gasteiger partial charge in [0.05, 0.1) is 5.69 Å². The quantitative estimate of drug-likeness (QED) is 0.637. The van der Waals surface area contributed by atoms with Gasteiger partial charge in [0.25, 0.3) is 0 Å². The van der Waals surface area contributed by atoms with Gasteiger partial charge in [-0.15, -0.1) is 0 Å². The molecular weight excluding hydrogens is 374 g/mol. The number of likely N-dealkylation sites (tertiary alicyclic amines) is 2. The Bertz CT molecular complexity index is 1040. The van der Waals surface area contributed by atoms with Crippen molar-refractivity contribution in [1.29, 1.82) is 0 Å². The van der Waals surface area contributed by atoms with Crippen LogP contribution in [0.5, 0.6) is 0 Å². The third-order valence-electron chi connectivity index (χ3n) is 6.64. The molecule has 5 rings (SSSR count). The fourth-order valence-corrected chi connectivity index (χ4v) is 4.85. The van der Waals surface area contributed by atoms with Gasteiger partial charge in [-0.05, 0) is 62.5 Å². The number of piperidine rings is 1. The van der Waals surface area contributed by atoms with Crippen molar-refractivity contribution in [3.05, 3.63) is 53.9 Å². The minimum absolute atomic E-state index is 0.198. The highest BCUT2D eigenvalue weighted by Crippen LogP contribution is 2.30. The Kier molecular flexibility index (Phi) is 5.30. The molecule has 2 aliphatic rings. The summed E-state index contributed by atoms with van der Waals surface area (Å²) in [6.45, 7) is 6.58. The van der Waals surface area contributed by atoms with E-state index in [0.717, 1.165) is 80.8 Å². The molecule has 156 valence electrons. The minimum Gasteiger partial charge on any atom is -0.441 e. The van der Waals surface area contributed by atoms with E-state index in [1.165, 1.54) is 5.39 Å². The van der Waals surface area contributed by atoms with Crippen molar-refractivity contribution in [2.45, 2.75) is 39.2 Å². The smallest absolute Gasteiger partial charge is 0.227 e. The molecule has 5 nitrogen and oxygen atoms in total.